The highest BCUT2D eigenvalue weighted by atomic mass is 16.4. The summed E-state index contributed by atoms with van der Waals surface area (Å²) in [6, 6.07) is 3.56. The number of rotatable bonds is 3. The molecule has 0 aliphatic carbocycles. The molecule has 0 radical (unpaired) electrons. The average Bonchev–Trinajstić information content (AvgIpc) is 2.35. The van der Waals surface area contributed by atoms with Gasteiger partial charge in [-0.25, -0.2) is 4.79 Å². The minimum absolute atomic E-state index is 0.386. The Morgan fingerprint density at radius 2 is 1.68 bits per heavy atom. The highest BCUT2D eigenvalue weighted by molar-refractivity contribution is 5.88. The number of aryl methyl sites for hydroxylation is 2. The zero-order valence-corrected chi connectivity index (χ0v) is 11.9. The summed E-state index contributed by atoms with van der Waals surface area (Å²) < 4.78 is 0. The standard InChI is InChI=1S/C15H22N2O2/c1-11-8-13(15(18)19)9-12(2)14(11)10-17-6-4-16(3)5-7-17/h8-9H,4-7,10H2,1-3H3,(H,18,19). The van der Waals surface area contributed by atoms with E-state index in [0.29, 0.717) is 5.56 Å². The van der Waals surface area contributed by atoms with Crippen molar-refractivity contribution in [2.24, 2.45) is 0 Å². The van der Waals surface area contributed by atoms with Crippen LogP contribution in [0.1, 0.15) is 27.0 Å². The second kappa shape index (κ2) is 5.72. The zero-order chi connectivity index (χ0) is 14.0. The van der Waals surface area contributed by atoms with Crippen LogP contribution in [0.5, 0.6) is 0 Å². The van der Waals surface area contributed by atoms with Crippen LogP contribution < -0.4 is 0 Å². The Hall–Kier alpha value is -1.39. The zero-order valence-electron chi connectivity index (χ0n) is 11.9. The van der Waals surface area contributed by atoms with E-state index in [1.807, 2.05) is 13.8 Å². The predicted octanol–water partition coefficient (Wildman–Crippen LogP) is 1.75. The summed E-state index contributed by atoms with van der Waals surface area (Å²) in [7, 11) is 2.15. The number of aromatic carboxylic acids is 1. The van der Waals surface area contributed by atoms with Gasteiger partial charge < -0.3 is 10.0 Å². The van der Waals surface area contributed by atoms with Crippen molar-refractivity contribution in [2.45, 2.75) is 20.4 Å². The maximum Gasteiger partial charge on any atom is 0.335 e. The highest BCUT2D eigenvalue weighted by Gasteiger charge is 2.16. The Kier molecular flexibility index (Phi) is 4.22. The first kappa shape index (κ1) is 14.0. The molecule has 0 amide bonds. The molecule has 0 unspecified atom stereocenters. The number of hydrogen-bond acceptors (Lipinski definition) is 3. The Labute approximate surface area is 114 Å². The van der Waals surface area contributed by atoms with Crippen molar-refractivity contribution < 1.29 is 9.90 Å². The van der Waals surface area contributed by atoms with Crippen LogP contribution in [0.2, 0.25) is 0 Å². The van der Waals surface area contributed by atoms with Gasteiger partial charge in [-0.3, -0.25) is 4.90 Å². The normalized spacial score (nSPS) is 17.6. The smallest absolute Gasteiger partial charge is 0.335 e. The van der Waals surface area contributed by atoms with Crippen molar-refractivity contribution in [3.63, 3.8) is 0 Å². The molecule has 0 bridgehead atoms. The van der Waals surface area contributed by atoms with Gasteiger partial charge in [-0.1, -0.05) is 0 Å². The van der Waals surface area contributed by atoms with E-state index >= 15 is 0 Å². The van der Waals surface area contributed by atoms with E-state index in [2.05, 4.69) is 16.8 Å². The lowest BCUT2D eigenvalue weighted by Gasteiger charge is -2.33. The van der Waals surface area contributed by atoms with Crippen molar-refractivity contribution in [2.75, 3.05) is 33.2 Å². The molecule has 0 atom stereocenters. The molecule has 1 aliphatic rings. The molecule has 19 heavy (non-hydrogen) atoms. The predicted molar refractivity (Wildman–Crippen MR) is 75.6 cm³/mol. The van der Waals surface area contributed by atoms with Crippen LogP contribution in [0.3, 0.4) is 0 Å². The summed E-state index contributed by atoms with van der Waals surface area (Å²) in [5.74, 6) is -0.850. The molecule has 0 aromatic heterocycles. The van der Waals surface area contributed by atoms with Crippen LogP contribution in [0.15, 0.2) is 12.1 Å². The van der Waals surface area contributed by atoms with E-state index in [4.69, 9.17) is 5.11 Å². The lowest BCUT2D eigenvalue weighted by molar-refractivity contribution is 0.0696. The third-order valence-electron chi connectivity index (χ3n) is 3.92. The monoisotopic (exact) mass is 262 g/mol. The molecule has 1 aromatic carbocycles. The lowest BCUT2D eigenvalue weighted by Crippen LogP contribution is -2.44. The van der Waals surface area contributed by atoms with E-state index in [0.717, 1.165) is 43.9 Å². The Bertz CT molecular complexity index is 454. The fourth-order valence-electron chi connectivity index (χ4n) is 2.60. The fourth-order valence-corrected chi connectivity index (χ4v) is 2.60. The Morgan fingerprint density at radius 1 is 1.16 bits per heavy atom. The summed E-state index contributed by atoms with van der Waals surface area (Å²) in [4.78, 5) is 15.8. The molecule has 1 N–H and O–H groups in total. The van der Waals surface area contributed by atoms with E-state index in [9.17, 15) is 4.79 Å². The van der Waals surface area contributed by atoms with Gasteiger partial charge in [0.15, 0.2) is 0 Å². The minimum Gasteiger partial charge on any atom is -0.478 e. The Balaban J connectivity index is 2.14. The molecule has 0 spiro atoms. The van der Waals surface area contributed by atoms with Crippen LogP contribution in [0.4, 0.5) is 0 Å². The third-order valence-corrected chi connectivity index (χ3v) is 3.92. The average molecular weight is 262 g/mol. The second-order valence-corrected chi connectivity index (χ2v) is 5.47. The number of benzene rings is 1. The number of carboxylic acid groups (broad SMARTS) is 1. The molecule has 1 heterocycles. The number of piperazine rings is 1. The number of carbonyl (C=O) groups is 1. The van der Waals surface area contributed by atoms with Gasteiger partial charge in [0.1, 0.15) is 0 Å². The number of nitrogens with zero attached hydrogens (tertiary/aromatic N) is 2. The summed E-state index contributed by atoms with van der Waals surface area (Å²) in [5.41, 5.74) is 3.82. The Morgan fingerprint density at radius 3 is 2.16 bits per heavy atom. The quantitative estimate of drug-likeness (QED) is 0.901. The van der Waals surface area contributed by atoms with Crippen molar-refractivity contribution in [1.29, 1.82) is 0 Å². The van der Waals surface area contributed by atoms with Crippen LogP contribution >= 0.6 is 0 Å². The maximum atomic E-state index is 11.0. The maximum absolute atomic E-state index is 11.0. The molecule has 0 saturated carbocycles. The number of carboxylic acids is 1. The molecule has 1 fully saturated rings. The number of likely N-dealkylation sites (N-methyl/N-ethyl adjacent to an activating group) is 1. The van der Waals surface area contributed by atoms with Crippen LogP contribution in [-0.2, 0) is 6.54 Å². The van der Waals surface area contributed by atoms with E-state index in [1.165, 1.54) is 5.56 Å². The first-order chi connectivity index (χ1) is 8.97. The molecule has 4 heteroatoms. The topological polar surface area (TPSA) is 43.8 Å². The molecule has 1 saturated heterocycles. The molecule has 1 aliphatic heterocycles. The summed E-state index contributed by atoms with van der Waals surface area (Å²) in [5, 5.41) is 9.06. The molecule has 104 valence electrons. The number of hydrogen-bond donors (Lipinski definition) is 1. The van der Waals surface area contributed by atoms with Crippen molar-refractivity contribution in [3.05, 3.63) is 34.4 Å². The lowest BCUT2D eigenvalue weighted by atomic mass is 9.98. The SMILES string of the molecule is Cc1cc(C(=O)O)cc(C)c1CN1CCN(C)CC1. The fraction of sp³-hybridized carbons (Fsp3) is 0.533. The van der Waals surface area contributed by atoms with Crippen LogP contribution in [0.25, 0.3) is 0 Å². The van der Waals surface area contributed by atoms with Crippen LogP contribution in [0, 0.1) is 13.8 Å². The van der Waals surface area contributed by atoms with Crippen molar-refractivity contribution in [1.82, 2.24) is 9.80 Å². The second-order valence-electron chi connectivity index (χ2n) is 5.47. The molecular formula is C15H22N2O2. The largest absolute Gasteiger partial charge is 0.478 e. The van der Waals surface area contributed by atoms with Gasteiger partial charge in [-0.15, -0.1) is 0 Å². The summed E-state index contributed by atoms with van der Waals surface area (Å²) in [6.45, 7) is 9.30. The summed E-state index contributed by atoms with van der Waals surface area (Å²) >= 11 is 0. The molecule has 4 nitrogen and oxygen atoms in total. The van der Waals surface area contributed by atoms with Crippen molar-refractivity contribution in [3.8, 4) is 0 Å². The van der Waals surface area contributed by atoms with E-state index in [1.54, 1.807) is 12.1 Å². The van der Waals surface area contributed by atoms with Gasteiger partial charge in [-0.05, 0) is 49.7 Å². The first-order valence-corrected chi connectivity index (χ1v) is 6.71. The van der Waals surface area contributed by atoms with Crippen LogP contribution in [-0.4, -0.2) is 54.1 Å². The van der Waals surface area contributed by atoms with Gasteiger partial charge >= 0.3 is 5.97 Å². The third kappa shape index (κ3) is 3.33. The highest BCUT2D eigenvalue weighted by Crippen LogP contribution is 2.19. The molecule has 1 aromatic rings. The molecule has 2 rings (SSSR count). The van der Waals surface area contributed by atoms with E-state index in [-0.39, 0.29) is 0 Å². The minimum atomic E-state index is -0.850. The van der Waals surface area contributed by atoms with Gasteiger partial charge in [-0.2, -0.15) is 0 Å². The van der Waals surface area contributed by atoms with Gasteiger partial charge in [0, 0.05) is 32.7 Å². The molecular weight excluding hydrogens is 240 g/mol. The summed E-state index contributed by atoms with van der Waals surface area (Å²) in [6.07, 6.45) is 0. The van der Waals surface area contributed by atoms with Gasteiger partial charge in [0.2, 0.25) is 0 Å². The van der Waals surface area contributed by atoms with Crippen molar-refractivity contribution >= 4 is 5.97 Å². The van der Waals surface area contributed by atoms with Gasteiger partial charge in [0.05, 0.1) is 5.56 Å². The van der Waals surface area contributed by atoms with E-state index < -0.39 is 5.97 Å². The van der Waals surface area contributed by atoms with Gasteiger partial charge in [0.25, 0.3) is 0 Å². The first-order valence-electron chi connectivity index (χ1n) is 6.71.